The summed E-state index contributed by atoms with van der Waals surface area (Å²) < 4.78 is 22.6. The maximum absolute atomic E-state index is 13.2. The number of hydrogen-bond acceptors (Lipinski definition) is 9. The zero-order valence-electron chi connectivity index (χ0n) is 40.0. The van der Waals surface area contributed by atoms with Gasteiger partial charge in [-0.05, 0) is 49.6 Å². The van der Waals surface area contributed by atoms with Gasteiger partial charge in [-0.3, -0.25) is 19.2 Å². The molecule has 2 rings (SSSR count). The molecule has 2 aromatic carbocycles. The molecule has 0 amide bonds. The molecule has 2 aromatic rings. The van der Waals surface area contributed by atoms with Crippen molar-refractivity contribution >= 4 is 58.5 Å². The number of aliphatic hydroxyl groups is 1. The summed E-state index contributed by atoms with van der Waals surface area (Å²) in [6, 6.07) is 9.25. The molecular weight excluding hydrogens is 887 g/mol. The fraction of sp³-hybridized carbons (Fsp3) is 0.698. The average Bonchev–Trinajstić information content (AvgIpc) is 3.28. The van der Waals surface area contributed by atoms with Crippen molar-refractivity contribution in [2.24, 2.45) is 5.92 Å². The third kappa shape index (κ3) is 28.2. The molecule has 368 valence electrons. The van der Waals surface area contributed by atoms with Crippen LogP contribution in [0.1, 0.15) is 213 Å². The molecular formula is C53H81Cl3O9. The Hall–Kier alpha value is -2.85. The lowest BCUT2D eigenvalue weighted by Crippen LogP contribution is -2.41. The first-order valence-corrected chi connectivity index (χ1v) is 26.3. The van der Waals surface area contributed by atoms with Gasteiger partial charge in [0.2, 0.25) is 0 Å². The van der Waals surface area contributed by atoms with Crippen molar-refractivity contribution in [3.8, 4) is 17.2 Å². The molecule has 12 heteroatoms. The number of Topliss-reactive ketones (excluding diaryl/α,β-unsaturated/α-hetero) is 1. The van der Waals surface area contributed by atoms with Crippen LogP contribution >= 0.6 is 34.8 Å². The minimum atomic E-state index is -1.65. The second-order valence-corrected chi connectivity index (χ2v) is 19.0. The van der Waals surface area contributed by atoms with Crippen LogP contribution in [0.25, 0.3) is 0 Å². The Bertz CT molecular complexity index is 1620. The molecule has 0 aromatic heterocycles. The predicted octanol–water partition coefficient (Wildman–Crippen LogP) is 16.1. The van der Waals surface area contributed by atoms with Gasteiger partial charge in [-0.1, -0.05) is 210 Å². The normalized spacial score (nSPS) is 12.7. The lowest BCUT2D eigenvalue weighted by molar-refractivity contribution is -0.169. The fourth-order valence-electron chi connectivity index (χ4n) is 7.61. The Morgan fingerprint density at radius 2 is 0.985 bits per heavy atom. The molecule has 65 heavy (non-hydrogen) atoms. The van der Waals surface area contributed by atoms with Crippen LogP contribution in [0.15, 0.2) is 36.4 Å². The second kappa shape index (κ2) is 37.2. The zero-order chi connectivity index (χ0) is 47.5. The predicted molar refractivity (Wildman–Crippen MR) is 264 cm³/mol. The van der Waals surface area contributed by atoms with E-state index in [4.69, 9.17) is 53.8 Å². The van der Waals surface area contributed by atoms with Crippen molar-refractivity contribution in [1.82, 2.24) is 0 Å². The van der Waals surface area contributed by atoms with Crippen molar-refractivity contribution < 1.29 is 43.2 Å². The van der Waals surface area contributed by atoms with E-state index in [9.17, 15) is 24.3 Å². The fourth-order valence-corrected chi connectivity index (χ4v) is 8.22. The maximum Gasteiger partial charge on any atom is 0.314 e. The van der Waals surface area contributed by atoms with Gasteiger partial charge in [0.1, 0.15) is 12.4 Å². The first kappa shape index (κ1) is 58.3. The second-order valence-electron chi connectivity index (χ2n) is 17.7. The van der Waals surface area contributed by atoms with Crippen molar-refractivity contribution in [2.75, 3.05) is 6.61 Å². The summed E-state index contributed by atoms with van der Waals surface area (Å²) in [5, 5.41) is 12.1. The van der Waals surface area contributed by atoms with Crippen molar-refractivity contribution in [3.05, 3.63) is 51.5 Å². The van der Waals surface area contributed by atoms with Crippen molar-refractivity contribution in [3.63, 3.8) is 0 Å². The number of carbonyl (C=O) groups is 4. The zero-order valence-corrected chi connectivity index (χ0v) is 42.2. The summed E-state index contributed by atoms with van der Waals surface area (Å²) in [5.41, 5.74) is 0. The molecule has 0 radical (unpaired) electrons. The summed E-state index contributed by atoms with van der Waals surface area (Å²) in [5.74, 6) is -2.59. The van der Waals surface area contributed by atoms with E-state index >= 15 is 0 Å². The van der Waals surface area contributed by atoms with Gasteiger partial charge in [0.15, 0.2) is 29.5 Å². The number of ketones is 1. The average molecular weight is 969 g/mol. The smallest absolute Gasteiger partial charge is 0.314 e. The van der Waals surface area contributed by atoms with Crippen LogP contribution in [-0.4, -0.2) is 47.6 Å². The van der Waals surface area contributed by atoms with Gasteiger partial charge < -0.3 is 24.1 Å². The molecule has 0 saturated heterocycles. The number of benzene rings is 2. The van der Waals surface area contributed by atoms with Crippen LogP contribution in [0.4, 0.5) is 0 Å². The van der Waals surface area contributed by atoms with E-state index in [2.05, 4.69) is 13.8 Å². The number of esters is 3. The van der Waals surface area contributed by atoms with Gasteiger partial charge in [-0.2, -0.15) is 0 Å². The molecule has 3 atom stereocenters. The highest BCUT2D eigenvalue weighted by Crippen LogP contribution is 2.38. The van der Waals surface area contributed by atoms with Gasteiger partial charge in [-0.15, -0.1) is 0 Å². The molecule has 0 aliphatic heterocycles. The van der Waals surface area contributed by atoms with Crippen LogP contribution in [0.2, 0.25) is 15.1 Å². The third-order valence-corrected chi connectivity index (χ3v) is 12.6. The van der Waals surface area contributed by atoms with Crippen LogP contribution in [0.5, 0.6) is 17.2 Å². The number of halogens is 3. The van der Waals surface area contributed by atoms with E-state index in [0.717, 1.165) is 38.5 Å². The van der Waals surface area contributed by atoms with Crippen molar-refractivity contribution in [1.29, 1.82) is 0 Å². The topological polar surface area (TPSA) is 125 Å². The molecule has 9 nitrogen and oxygen atoms in total. The van der Waals surface area contributed by atoms with E-state index in [1.165, 1.54) is 134 Å². The molecule has 3 unspecified atom stereocenters. The number of aliphatic hydroxyl groups excluding tert-OH is 1. The Kier molecular flexibility index (Phi) is 33.3. The molecule has 0 spiro atoms. The van der Waals surface area contributed by atoms with E-state index in [1.807, 2.05) is 0 Å². The standard InChI is InChI=1S/C53H81Cl3O9/c1-4-6-8-10-12-14-16-18-20-22-24-26-28-30-45(57)52(60)49(40-62-50(58)31-29-27-25-23-21-19-17-15-13-11-9-7-5-2)64-51(59)37-32-41(3)53(61)65-48-39-43(55)34-36-47(48)63-46-35-33-42(54)38-44(46)56/h33-36,38-39,41,49,52,60H,4-32,37,40H2,1-3H3. The van der Waals surface area contributed by atoms with Gasteiger partial charge in [0.25, 0.3) is 0 Å². The van der Waals surface area contributed by atoms with Crippen LogP contribution in [-0.2, 0) is 28.7 Å². The summed E-state index contributed by atoms with van der Waals surface area (Å²) in [6.07, 6.45) is 27.7. The van der Waals surface area contributed by atoms with Gasteiger partial charge in [-0.25, -0.2) is 0 Å². The number of rotatable bonds is 40. The summed E-state index contributed by atoms with van der Waals surface area (Å²) in [4.78, 5) is 52.3. The highest BCUT2D eigenvalue weighted by Gasteiger charge is 2.31. The molecule has 0 aliphatic rings. The molecule has 0 bridgehead atoms. The summed E-state index contributed by atoms with van der Waals surface area (Å²) >= 11 is 18.5. The Balaban J connectivity index is 1.86. The quantitative estimate of drug-likeness (QED) is 0.0395. The first-order chi connectivity index (χ1) is 31.4. The number of hydrogen-bond donors (Lipinski definition) is 1. The third-order valence-electron chi connectivity index (χ3n) is 11.8. The summed E-state index contributed by atoms with van der Waals surface area (Å²) in [7, 11) is 0. The monoisotopic (exact) mass is 966 g/mol. The van der Waals surface area contributed by atoms with Crippen LogP contribution in [0.3, 0.4) is 0 Å². The minimum Gasteiger partial charge on any atom is -0.462 e. The molecule has 0 aliphatic carbocycles. The number of carbonyl (C=O) groups excluding carboxylic acids is 4. The molecule has 0 saturated carbocycles. The number of ether oxygens (including phenoxy) is 4. The number of unbranched alkanes of at least 4 members (excludes halogenated alkanes) is 24. The minimum absolute atomic E-state index is 0.0337. The van der Waals surface area contributed by atoms with E-state index in [1.54, 1.807) is 25.1 Å². The lowest BCUT2D eigenvalue weighted by atomic mass is 10.0. The van der Waals surface area contributed by atoms with Gasteiger partial charge in [0, 0.05) is 35.4 Å². The Morgan fingerprint density at radius 3 is 1.48 bits per heavy atom. The van der Waals surface area contributed by atoms with Gasteiger partial charge >= 0.3 is 17.9 Å². The highest BCUT2D eigenvalue weighted by atomic mass is 35.5. The molecule has 0 heterocycles. The first-order valence-electron chi connectivity index (χ1n) is 25.1. The Morgan fingerprint density at radius 1 is 0.538 bits per heavy atom. The van der Waals surface area contributed by atoms with E-state index in [0.29, 0.717) is 22.9 Å². The van der Waals surface area contributed by atoms with Crippen LogP contribution < -0.4 is 9.47 Å². The highest BCUT2D eigenvalue weighted by molar-refractivity contribution is 6.35. The van der Waals surface area contributed by atoms with E-state index < -0.39 is 48.4 Å². The largest absolute Gasteiger partial charge is 0.462 e. The SMILES string of the molecule is CCCCCCCCCCCCCCCC(=O)OCC(OC(=O)CCC(C)C(=O)Oc1cc(Cl)ccc1Oc1ccc(Cl)cc1Cl)C(O)C(=O)CCCCCCCCCCCCCCC. The molecule has 0 fully saturated rings. The molecule has 1 N–H and O–H groups in total. The van der Waals surface area contributed by atoms with Crippen molar-refractivity contribution in [2.45, 2.75) is 226 Å². The maximum atomic E-state index is 13.2. The summed E-state index contributed by atoms with van der Waals surface area (Å²) in [6.45, 7) is 5.63. The Labute approximate surface area is 406 Å². The van der Waals surface area contributed by atoms with E-state index in [-0.39, 0.29) is 48.0 Å². The van der Waals surface area contributed by atoms with Gasteiger partial charge in [0.05, 0.1) is 10.9 Å². The van der Waals surface area contributed by atoms with Crippen LogP contribution in [0, 0.1) is 5.92 Å². The lowest BCUT2D eigenvalue weighted by Gasteiger charge is -2.22.